The second-order valence-corrected chi connectivity index (χ2v) is 17.7. The smallest absolute Gasteiger partial charge is 0.338 e. The van der Waals surface area contributed by atoms with Crippen molar-refractivity contribution in [1.29, 1.82) is 0 Å². The highest BCUT2D eigenvalue weighted by molar-refractivity contribution is 5.90. The first kappa shape index (κ1) is 43.7. The molecule has 3 fully saturated rings. The van der Waals surface area contributed by atoms with Gasteiger partial charge in [0.15, 0.2) is 11.9 Å². The highest BCUT2D eigenvalue weighted by Crippen LogP contribution is 2.48. The van der Waals surface area contributed by atoms with Gasteiger partial charge in [0.05, 0.1) is 29.9 Å². The molecule has 1 N–H and O–H groups in total. The molecule has 2 aromatic rings. The third kappa shape index (κ3) is 8.96. The van der Waals surface area contributed by atoms with E-state index >= 15 is 0 Å². The first-order valence-corrected chi connectivity index (χ1v) is 21.5. The van der Waals surface area contributed by atoms with E-state index in [2.05, 4.69) is 26.8 Å². The summed E-state index contributed by atoms with van der Waals surface area (Å²) in [4.78, 5) is 41.6. The normalized spacial score (nSPS) is 37.2. The molecule has 0 aromatic heterocycles. The van der Waals surface area contributed by atoms with Gasteiger partial charge in [-0.3, -0.25) is 4.79 Å². The number of hydrogen-bond donors (Lipinski definition) is 1. The number of carbonyl (C=O) groups excluding carboxylic acids is 3. The summed E-state index contributed by atoms with van der Waals surface area (Å²) in [6.07, 6.45) is 8.68. The van der Waals surface area contributed by atoms with Gasteiger partial charge in [0, 0.05) is 25.2 Å². The SMILES string of the molecule is CC[C@H](C)[C@H]1O[C@]2(CC[C@@H]1C)C[C@@H]1C[C@@H](C/C=C(\C)[C@@H](OC(=O)c3ccc(C)cc3)[C@@H](C)/C=C/C=C3\CO[C@@H]4[C@H](OC(=O)c5ccc(F)cc5)C(C)=C[C@@H](C(=O)O1)[C@]34O)O2. The number of fused-ring (bicyclic) bond motifs is 2. The Kier molecular flexibility index (Phi) is 13.0. The van der Waals surface area contributed by atoms with Crippen LogP contribution in [0.3, 0.4) is 0 Å². The van der Waals surface area contributed by atoms with Crippen LogP contribution in [0.5, 0.6) is 0 Å². The Balaban J connectivity index is 1.27. The average Bonchev–Trinajstić information content (AvgIpc) is 3.56. The fraction of sp³-hybridized carbons (Fsp3) is 0.531. The molecule has 0 unspecified atom stereocenters. The lowest BCUT2D eigenvalue weighted by Crippen LogP contribution is -2.59. The topological polar surface area (TPSA) is 127 Å². The maximum atomic E-state index is 14.6. The third-order valence-corrected chi connectivity index (χ3v) is 13.3. The minimum atomic E-state index is -1.97. The van der Waals surface area contributed by atoms with E-state index in [4.69, 9.17) is 28.4 Å². The lowest BCUT2D eigenvalue weighted by molar-refractivity contribution is -0.340. The van der Waals surface area contributed by atoms with Crippen molar-refractivity contribution in [2.24, 2.45) is 23.7 Å². The summed E-state index contributed by atoms with van der Waals surface area (Å²) in [6.45, 7) is 14.1. The Morgan fingerprint density at radius 3 is 2.28 bits per heavy atom. The van der Waals surface area contributed by atoms with Crippen molar-refractivity contribution < 1.29 is 52.3 Å². The monoisotopic (exact) mass is 826 g/mol. The molecule has 11 heteroatoms. The molecule has 2 aromatic carbocycles. The standard InChI is InChI=1S/C49H59FO10/c1-8-29(3)42-32(6)22-23-48(60-42)26-39-25-38(59-48)21-14-31(5)41(57-45(51)34-15-12-28(2)13-16-34)30(4)10-9-11-36-27-55-44-43(58-46(52)35-17-19-37(50)20-18-35)33(7)24-40(47(53)56-39)49(36,44)54/h9-20,24,29-30,32,38-44,54H,8,21-23,25-27H2,1-7H3/b10-9+,31-14+,36-11+/t29-,30-,32-,38+,39-,40-,41-,42+,43+,44+,48+,49+/m0/s1. The summed E-state index contributed by atoms with van der Waals surface area (Å²) in [5.41, 5.74) is 1.35. The molecule has 5 aliphatic rings. The molecule has 12 atom stereocenters. The predicted molar refractivity (Wildman–Crippen MR) is 222 cm³/mol. The van der Waals surface area contributed by atoms with Gasteiger partial charge in [0.1, 0.15) is 35.6 Å². The maximum absolute atomic E-state index is 14.6. The molecular formula is C49H59FO10. The van der Waals surface area contributed by atoms with Gasteiger partial charge in [-0.2, -0.15) is 0 Å². The van der Waals surface area contributed by atoms with Gasteiger partial charge < -0.3 is 33.5 Å². The van der Waals surface area contributed by atoms with E-state index in [1.165, 1.54) is 24.3 Å². The van der Waals surface area contributed by atoms with Gasteiger partial charge in [-0.25, -0.2) is 14.0 Å². The summed E-state index contributed by atoms with van der Waals surface area (Å²) in [5.74, 6) is -4.23. The molecule has 60 heavy (non-hydrogen) atoms. The molecule has 4 aliphatic heterocycles. The van der Waals surface area contributed by atoms with Crippen molar-refractivity contribution in [3.8, 4) is 0 Å². The fourth-order valence-electron chi connectivity index (χ4n) is 9.52. The van der Waals surface area contributed by atoms with Crippen LogP contribution in [0.25, 0.3) is 0 Å². The quantitative estimate of drug-likeness (QED) is 0.172. The largest absolute Gasteiger partial charge is 0.462 e. The minimum absolute atomic E-state index is 0.0459. The summed E-state index contributed by atoms with van der Waals surface area (Å²) >= 11 is 0. The van der Waals surface area contributed by atoms with Crippen LogP contribution in [-0.4, -0.2) is 77.6 Å². The molecular weight excluding hydrogens is 768 g/mol. The number of aliphatic hydroxyl groups is 1. The molecule has 2 bridgehead atoms. The van der Waals surface area contributed by atoms with Gasteiger partial charge >= 0.3 is 17.9 Å². The predicted octanol–water partition coefficient (Wildman–Crippen LogP) is 8.71. The summed E-state index contributed by atoms with van der Waals surface area (Å²) in [6, 6.07) is 12.2. The number of allylic oxidation sites excluding steroid dienone is 2. The average molecular weight is 827 g/mol. The molecule has 0 saturated carbocycles. The number of esters is 3. The molecule has 7 rings (SSSR count). The van der Waals surface area contributed by atoms with E-state index in [0.717, 1.165) is 24.0 Å². The molecule has 0 amide bonds. The van der Waals surface area contributed by atoms with Crippen molar-refractivity contribution in [3.05, 3.63) is 118 Å². The number of aryl methyl sites for hydroxylation is 1. The van der Waals surface area contributed by atoms with Crippen LogP contribution in [0, 0.1) is 36.4 Å². The van der Waals surface area contributed by atoms with Crippen LogP contribution in [0.15, 0.2) is 95.6 Å². The Morgan fingerprint density at radius 1 is 0.933 bits per heavy atom. The van der Waals surface area contributed by atoms with Crippen LogP contribution in [0.1, 0.15) is 106 Å². The van der Waals surface area contributed by atoms with Crippen LogP contribution in [0.2, 0.25) is 0 Å². The van der Waals surface area contributed by atoms with E-state index in [1.807, 2.05) is 39.0 Å². The zero-order chi connectivity index (χ0) is 42.9. The lowest BCUT2D eigenvalue weighted by Gasteiger charge is -2.51. The summed E-state index contributed by atoms with van der Waals surface area (Å²) in [7, 11) is 0. The van der Waals surface area contributed by atoms with E-state index in [1.54, 1.807) is 37.3 Å². The second-order valence-electron chi connectivity index (χ2n) is 17.7. The summed E-state index contributed by atoms with van der Waals surface area (Å²) < 4.78 is 52.5. The number of rotatable bonds is 6. The molecule has 1 aliphatic carbocycles. The Bertz CT molecular complexity index is 2030. The molecule has 1 spiro atoms. The zero-order valence-electron chi connectivity index (χ0n) is 35.7. The van der Waals surface area contributed by atoms with E-state index in [0.29, 0.717) is 48.3 Å². The van der Waals surface area contributed by atoms with E-state index in [-0.39, 0.29) is 30.1 Å². The van der Waals surface area contributed by atoms with Crippen LogP contribution >= 0.6 is 0 Å². The Labute approximate surface area is 352 Å². The van der Waals surface area contributed by atoms with Crippen LogP contribution in [0.4, 0.5) is 4.39 Å². The van der Waals surface area contributed by atoms with Gasteiger partial charge in [-0.15, -0.1) is 0 Å². The van der Waals surface area contributed by atoms with E-state index in [9.17, 15) is 23.9 Å². The highest BCUT2D eigenvalue weighted by Gasteiger charge is 2.61. The van der Waals surface area contributed by atoms with E-state index < -0.39 is 71.6 Å². The van der Waals surface area contributed by atoms with Crippen molar-refractivity contribution in [1.82, 2.24) is 0 Å². The lowest BCUT2D eigenvalue weighted by atomic mass is 9.70. The molecule has 322 valence electrons. The van der Waals surface area contributed by atoms with Gasteiger partial charge in [0.2, 0.25) is 0 Å². The van der Waals surface area contributed by atoms with Gasteiger partial charge in [0.25, 0.3) is 0 Å². The molecule has 4 heterocycles. The van der Waals surface area contributed by atoms with Crippen molar-refractivity contribution in [2.75, 3.05) is 6.61 Å². The maximum Gasteiger partial charge on any atom is 0.338 e. The Morgan fingerprint density at radius 2 is 1.60 bits per heavy atom. The molecule has 10 nitrogen and oxygen atoms in total. The van der Waals surface area contributed by atoms with Gasteiger partial charge in [-0.1, -0.05) is 82.2 Å². The number of hydrogen-bond acceptors (Lipinski definition) is 10. The van der Waals surface area contributed by atoms with Crippen molar-refractivity contribution in [2.45, 2.75) is 135 Å². The first-order chi connectivity index (χ1) is 28.6. The first-order valence-electron chi connectivity index (χ1n) is 21.5. The second kappa shape index (κ2) is 17.9. The van der Waals surface area contributed by atoms with Crippen LogP contribution < -0.4 is 0 Å². The number of carbonyl (C=O) groups is 3. The fourth-order valence-corrected chi connectivity index (χ4v) is 9.52. The van der Waals surface area contributed by atoms with Crippen LogP contribution in [-0.2, 0) is 33.2 Å². The molecule has 0 radical (unpaired) electrons. The highest BCUT2D eigenvalue weighted by atomic mass is 19.1. The molecule has 3 saturated heterocycles. The number of ether oxygens (including phenoxy) is 6. The summed E-state index contributed by atoms with van der Waals surface area (Å²) in [5, 5.41) is 12.9. The Hall–Kier alpha value is -4.42. The number of halogens is 1. The van der Waals surface area contributed by atoms with Crippen molar-refractivity contribution >= 4 is 17.9 Å². The minimum Gasteiger partial charge on any atom is -0.462 e. The third-order valence-electron chi connectivity index (χ3n) is 13.3. The number of benzene rings is 2. The van der Waals surface area contributed by atoms with Gasteiger partial charge in [-0.05, 0) is 98.6 Å². The zero-order valence-corrected chi connectivity index (χ0v) is 35.7. The van der Waals surface area contributed by atoms with Crippen molar-refractivity contribution in [3.63, 3.8) is 0 Å².